The third-order valence-corrected chi connectivity index (χ3v) is 0.962. The molecule has 0 heterocycles. The van der Waals surface area contributed by atoms with Crippen LogP contribution in [0.3, 0.4) is 0 Å². The number of hydrogen-bond donors (Lipinski definition) is 2. The molecule has 0 aromatic carbocycles. The maximum atomic E-state index is 8.92. The van der Waals surface area contributed by atoms with Gasteiger partial charge in [-0.25, -0.2) is 0 Å². The van der Waals surface area contributed by atoms with E-state index in [1.807, 2.05) is 13.8 Å². The van der Waals surface area contributed by atoms with E-state index in [0.717, 1.165) is 0 Å². The summed E-state index contributed by atoms with van der Waals surface area (Å²) in [6.45, 7) is 4.13. The van der Waals surface area contributed by atoms with Gasteiger partial charge in [-0.2, -0.15) is 0 Å². The van der Waals surface area contributed by atoms with Gasteiger partial charge in [0.2, 0.25) is 0 Å². The minimum Gasteiger partial charge on any atom is -0.368 e. The predicted molar refractivity (Wildman–Crippen MR) is 35.6 cm³/mol. The zero-order valence-electron chi connectivity index (χ0n) is 6.00. The first-order chi connectivity index (χ1) is 4.16. The highest BCUT2D eigenvalue weighted by Gasteiger charge is 2.04. The fourth-order valence-corrected chi connectivity index (χ4v) is 0.582. The molecule has 9 heavy (non-hydrogen) atoms. The van der Waals surface area contributed by atoms with E-state index in [-0.39, 0.29) is 6.73 Å². The lowest BCUT2D eigenvalue weighted by molar-refractivity contribution is -0.107. The highest BCUT2D eigenvalue weighted by Crippen LogP contribution is 2.03. The standard InChI is InChI=1S/C6H15NO2/c1-5(2)3-6(8)9-4-7/h5-6,8H,3-4,7H2,1-2H3/t6-/m0/s1. The van der Waals surface area contributed by atoms with Crippen molar-refractivity contribution in [2.24, 2.45) is 11.7 Å². The van der Waals surface area contributed by atoms with Gasteiger partial charge in [0, 0.05) is 6.42 Å². The monoisotopic (exact) mass is 133 g/mol. The lowest BCUT2D eigenvalue weighted by Crippen LogP contribution is -2.18. The van der Waals surface area contributed by atoms with E-state index in [1.54, 1.807) is 0 Å². The second kappa shape index (κ2) is 4.73. The predicted octanol–water partition coefficient (Wildman–Crippen LogP) is 0.284. The molecule has 56 valence electrons. The molecule has 0 aliphatic rings. The number of aliphatic hydroxyl groups excluding tert-OH is 1. The number of ether oxygens (including phenoxy) is 1. The number of aliphatic hydroxyl groups is 1. The van der Waals surface area contributed by atoms with Gasteiger partial charge < -0.3 is 15.6 Å². The number of rotatable bonds is 4. The molecule has 0 saturated heterocycles. The van der Waals surface area contributed by atoms with Crippen molar-refractivity contribution in [1.82, 2.24) is 0 Å². The third kappa shape index (κ3) is 5.76. The second-order valence-electron chi connectivity index (χ2n) is 2.42. The van der Waals surface area contributed by atoms with Crippen molar-refractivity contribution in [2.45, 2.75) is 26.6 Å². The van der Waals surface area contributed by atoms with Crippen LogP contribution in [0.2, 0.25) is 0 Å². The van der Waals surface area contributed by atoms with Crippen molar-refractivity contribution in [3.8, 4) is 0 Å². The molecule has 0 radical (unpaired) electrons. The van der Waals surface area contributed by atoms with Gasteiger partial charge in [-0.1, -0.05) is 13.8 Å². The van der Waals surface area contributed by atoms with E-state index in [4.69, 9.17) is 10.8 Å². The van der Waals surface area contributed by atoms with Gasteiger partial charge in [0.1, 0.15) is 0 Å². The second-order valence-corrected chi connectivity index (χ2v) is 2.42. The molecule has 0 saturated carbocycles. The molecule has 0 aliphatic carbocycles. The summed E-state index contributed by atoms with van der Waals surface area (Å²) in [6, 6.07) is 0. The number of hydrogen-bond acceptors (Lipinski definition) is 3. The molecule has 0 unspecified atom stereocenters. The van der Waals surface area contributed by atoms with Crippen LogP contribution in [0.25, 0.3) is 0 Å². The van der Waals surface area contributed by atoms with Crippen LogP contribution in [0.4, 0.5) is 0 Å². The van der Waals surface area contributed by atoms with Gasteiger partial charge >= 0.3 is 0 Å². The Morgan fingerprint density at radius 2 is 2.11 bits per heavy atom. The Bertz CT molecular complexity index is 66.1. The van der Waals surface area contributed by atoms with Crippen LogP contribution in [0.15, 0.2) is 0 Å². The lowest BCUT2D eigenvalue weighted by Gasteiger charge is -2.11. The van der Waals surface area contributed by atoms with Crippen molar-refractivity contribution in [1.29, 1.82) is 0 Å². The first-order valence-corrected chi connectivity index (χ1v) is 3.16. The molecular formula is C6H15NO2. The molecule has 0 aromatic rings. The molecule has 0 spiro atoms. The van der Waals surface area contributed by atoms with E-state index in [9.17, 15) is 0 Å². The molecular weight excluding hydrogens is 118 g/mol. The van der Waals surface area contributed by atoms with Gasteiger partial charge in [-0.15, -0.1) is 0 Å². The van der Waals surface area contributed by atoms with E-state index in [2.05, 4.69) is 4.74 Å². The molecule has 3 nitrogen and oxygen atoms in total. The van der Waals surface area contributed by atoms with E-state index in [0.29, 0.717) is 12.3 Å². The highest BCUT2D eigenvalue weighted by molar-refractivity contribution is 4.46. The van der Waals surface area contributed by atoms with Crippen LogP contribution < -0.4 is 5.73 Å². The van der Waals surface area contributed by atoms with Crippen LogP contribution in [-0.4, -0.2) is 18.1 Å². The van der Waals surface area contributed by atoms with Gasteiger partial charge in [0.15, 0.2) is 6.29 Å². The van der Waals surface area contributed by atoms with Crippen molar-refractivity contribution in [3.05, 3.63) is 0 Å². The first kappa shape index (κ1) is 8.88. The summed E-state index contributed by atoms with van der Waals surface area (Å²) in [7, 11) is 0. The maximum absolute atomic E-state index is 8.92. The Morgan fingerprint density at radius 1 is 1.56 bits per heavy atom. The summed E-state index contributed by atoms with van der Waals surface area (Å²) < 4.78 is 4.69. The van der Waals surface area contributed by atoms with Crippen molar-refractivity contribution >= 4 is 0 Å². The van der Waals surface area contributed by atoms with Crippen LogP contribution in [0, 0.1) is 5.92 Å². The van der Waals surface area contributed by atoms with Crippen molar-refractivity contribution in [3.63, 3.8) is 0 Å². The molecule has 0 bridgehead atoms. The van der Waals surface area contributed by atoms with E-state index >= 15 is 0 Å². The van der Waals surface area contributed by atoms with E-state index in [1.165, 1.54) is 0 Å². The smallest absolute Gasteiger partial charge is 0.156 e. The molecule has 0 aromatic heterocycles. The Morgan fingerprint density at radius 3 is 2.44 bits per heavy atom. The fourth-order valence-electron chi connectivity index (χ4n) is 0.582. The lowest BCUT2D eigenvalue weighted by atomic mass is 10.1. The Hall–Kier alpha value is -0.120. The van der Waals surface area contributed by atoms with Gasteiger partial charge in [0.05, 0.1) is 6.73 Å². The number of nitrogens with two attached hydrogens (primary N) is 1. The third-order valence-electron chi connectivity index (χ3n) is 0.962. The molecule has 3 heteroatoms. The summed E-state index contributed by atoms with van der Waals surface area (Å²) in [5.41, 5.74) is 5.02. The van der Waals surface area contributed by atoms with Crippen LogP contribution >= 0.6 is 0 Å². The van der Waals surface area contributed by atoms with Crippen LogP contribution in [-0.2, 0) is 4.74 Å². The summed E-state index contributed by atoms with van der Waals surface area (Å²) in [5, 5.41) is 8.92. The minimum absolute atomic E-state index is 0.0912. The van der Waals surface area contributed by atoms with Crippen molar-refractivity contribution in [2.75, 3.05) is 6.73 Å². The minimum atomic E-state index is -0.685. The molecule has 0 aliphatic heterocycles. The zero-order valence-corrected chi connectivity index (χ0v) is 6.00. The maximum Gasteiger partial charge on any atom is 0.156 e. The normalized spacial score (nSPS) is 14.3. The summed E-state index contributed by atoms with van der Waals surface area (Å²) >= 11 is 0. The quantitative estimate of drug-likeness (QED) is 0.542. The largest absolute Gasteiger partial charge is 0.368 e. The first-order valence-electron chi connectivity index (χ1n) is 3.16. The summed E-state index contributed by atoms with van der Waals surface area (Å²) in [4.78, 5) is 0. The molecule has 3 N–H and O–H groups in total. The summed E-state index contributed by atoms with van der Waals surface area (Å²) in [5.74, 6) is 0.451. The Kier molecular flexibility index (Phi) is 4.67. The summed E-state index contributed by atoms with van der Waals surface area (Å²) in [6.07, 6.45) is -0.0352. The molecule has 1 atom stereocenters. The van der Waals surface area contributed by atoms with Crippen LogP contribution in [0.5, 0.6) is 0 Å². The molecule has 0 fully saturated rings. The highest BCUT2D eigenvalue weighted by atomic mass is 16.6. The molecule has 0 amide bonds. The van der Waals surface area contributed by atoms with Gasteiger partial charge in [0.25, 0.3) is 0 Å². The Balaban J connectivity index is 3.15. The zero-order chi connectivity index (χ0) is 7.28. The average molecular weight is 133 g/mol. The van der Waals surface area contributed by atoms with Gasteiger partial charge in [-0.3, -0.25) is 0 Å². The average Bonchev–Trinajstić information content (AvgIpc) is 1.63. The molecule has 0 rings (SSSR count). The fraction of sp³-hybridized carbons (Fsp3) is 1.00. The van der Waals surface area contributed by atoms with E-state index < -0.39 is 6.29 Å². The topological polar surface area (TPSA) is 55.5 Å². The van der Waals surface area contributed by atoms with Gasteiger partial charge in [-0.05, 0) is 5.92 Å². The SMILES string of the molecule is CC(C)C[C@@H](O)OCN. The Labute approximate surface area is 55.8 Å². The van der Waals surface area contributed by atoms with Crippen LogP contribution in [0.1, 0.15) is 20.3 Å². The van der Waals surface area contributed by atoms with Crippen molar-refractivity contribution < 1.29 is 9.84 Å².